The van der Waals surface area contributed by atoms with Crippen molar-refractivity contribution in [2.24, 2.45) is 0 Å². The highest BCUT2D eigenvalue weighted by molar-refractivity contribution is 6.10. The number of rotatable bonds is 2. The molecule has 7 heteroatoms. The molecule has 0 aliphatic heterocycles. The van der Waals surface area contributed by atoms with Gasteiger partial charge in [-0.15, -0.1) is 0 Å². The predicted octanol–water partition coefficient (Wildman–Crippen LogP) is 8.76. The van der Waals surface area contributed by atoms with Crippen LogP contribution in [0.15, 0.2) is 140 Å². The van der Waals surface area contributed by atoms with Crippen LogP contribution in [-0.4, -0.2) is 27.9 Å². The predicted molar refractivity (Wildman–Crippen MR) is 184 cm³/mol. The molecule has 0 spiro atoms. The van der Waals surface area contributed by atoms with Crippen molar-refractivity contribution in [3.05, 3.63) is 145 Å². The Morgan fingerprint density at radius 2 is 0.935 bits per heavy atom. The molecule has 0 aliphatic carbocycles. The van der Waals surface area contributed by atoms with Gasteiger partial charge in [0.15, 0.2) is 0 Å². The maximum absolute atomic E-state index is 9.39. The molecule has 0 N–H and O–H groups in total. The molecule has 7 nitrogen and oxygen atoms in total. The molecule has 0 atom stereocenters. The zero-order chi connectivity index (χ0) is 30.4. The second kappa shape index (κ2) is 9.18. The number of aromatic nitrogens is 6. The third-order valence-electron chi connectivity index (χ3n) is 9.02. The summed E-state index contributed by atoms with van der Waals surface area (Å²) < 4.78 is 8.95. The van der Waals surface area contributed by atoms with Crippen molar-refractivity contribution in [2.45, 2.75) is 0 Å². The number of nitriles is 1. The molecule has 6 aromatic carbocycles. The fourth-order valence-corrected chi connectivity index (χ4v) is 7.03. The lowest BCUT2D eigenvalue weighted by Gasteiger charge is -2.10. The van der Waals surface area contributed by atoms with Gasteiger partial charge in [-0.1, -0.05) is 54.6 Å². The maximum Gasteiger partial charge on any atom is 0.223 e. The first kappa shape index (κ1) is 24.8. The van der Waals surface area contributed by atoms with Gasteiger partial charge in [-0.3, -0.25) is 8.80 Å². The first-order chi connectivity index (χ1) is 22.8. The van der Waals surface area contributed by atoms with Gasteiger partial charge in [-0.2, -0.15) is 5.26 Å². The first-order valence-electron chi connectivity index (χ1n) is 15.2. The topological polar surface area (TPSA) is 68.2 Å². The van der Waals surface area contributed by atoms with Crippen LogP contribution in [0.2, 0.25) is 0 Å². The third kappa shape index (κ3) is 3.30. The molecule has 0 bridgehead atoms. The van der Waals surface area contributed by atoms with E-state index in [2.05, 4.69) is 127 Å². The number of imidazole rings is 2. The minimum absolute atomic E-state index is 0.639. The summed E-state index contributed by atoms with van der Waals surface area (Å²) in [6, 6.07) is 50.1. The second-order valence-corrected chi connectivity index (χ2v) is 11.5. The molecule has 0 aliphatic rings. The fraction of sp³-hybridized carbons (Fsp3) is 0. The van der Waals surface area contributed by atoms with E-state index in [1.165, 1.54) is 0 Å². The van der Waals surface area contributed by atoms with E-state index in [9.17, 15) is 5.26 Å². The molecule has 46 heavy (non-hydrogen) atoms. The molecule has 0 radical (unpaired) electrons. The lowest BCUT2D eigenvalue weighted by molar-refractivity contribution is 1.03. The van der Waals surface area contributed by atoms with Crippen LogP contribution >= 0.6 is 0 Å². The van der Waals surface area contributed by atoms with Crippen LogP contribution in [0.3, 0.4) is 0 Å². The Labute approximate surface area is 261 Å². The first-order valence-corrected chi connectivity index (χ1v) is 15.2. The molecule has 4 aromatic heterocycles. The Morgan fingerprint density at radius 1 is 0.435 bits per heavy atom. The summed E-state index contributed by atoms with van der Waals surface area (Å²) in [7, 11) is 0. The molecular formula is C39H23N7. The molecule has 0 saturated carbocycles. The van der Waals surface area contributed by atoms with Crippen molar-refractivity contribution in [1.29, 1.82) is 5.26 Å². The average molecular weight is 590 g/mol. The standard InChI is InChI=1S/C39H23N7/c40-24-25-17-19-26(20-18-25)43-32-12-4-1-9-28(32)29-23-27(21-22-33(29)43)44-38-41-30-10-2-5-13-34(30)45(38)36-15-7-8-16-37(36)46-35-14-6-3-11-31(35)42-39(44)46/h1-23H. The van der Waals surface area contributed by atoms with Gasteiger partial charge in [-0.25, -0.2) is 14.5 Å². The fourth-order valence-electron chi connectivity index (χ4n) is 7.03. The Balaban J connectivity index is 1.40. The molecule has 214 valence electrons. The summed E-state index contributed by atoms with van der Waals surface area (Å²) in [5.74, 6) is 1.55. The van der Waals surface area contributed by atoms with E-state index in [-0.39, 0.29) is 0 Å². The minimum atomic E-state index is 0.639. The largest absolute Gasteiger partial charge is 0.309 e. The minimum Gasteiger partial charge on any atom is -0.309 e. The normalized spacial score (nSPS) is 11.9. The molecule has 0 unspecified atom stereocenters. The molecule has 10 aromatic rings. The SMILES string of the molecule is N#Cc1ccc(-n2c3ccccc3c3cc(-n4c5nc6ccccc6n5c5ccccc5n5c6ccccc6nc45)ccc32)cc1. The van der Waals surface area contributed by atoms with Gasteiger partial charge in [0.05, 0.1) is 61.5 Å². The van der Waals surface area contributed by atoms with Gasteiger partial charge >= 0.3 is 0 Å². The number of hydrogen-bond acceptors (Lipinski definition) is 3. The van der Waals surface area contributed by atoms with E-state index >= 15 is 0 Å². The summed E-state index contributed by atoms with van der Waals surface area (Å²) in [5.41, 5.74) is 10.8. The van der Waals surface area contributed by atoms with E-state index in [0.29, 0.717) is 5.56 Å². The molecule has 10 rings (SSSR count). The lowest BCUT2D eigenvalue weighted by Crippen LogP contribution is -2.02. The third-order valence-corrected chi connectivity index (χ3v) is 9.02. The average Bonchev–Trinajstić information content (AvgIpc) is 3.76. The summed E-state index contributed by atoms with van der Waals surface area (Å²) in [6.07, 6.45) is 0. The quantitative estimate of drug-likeness (QED) is 0.202. The number of nitrogens with zero attached hydrogens (tertiary/aromatic N) is 7. The van der Waals surface area contributed by atoms with Gasteiger partial charge < -0.3 is 4.57 Å². The van der Waals surface area contributed by atoms with Crippen LogP contribution in [-0.2, 0) is 0 Å². The monoisotopic (exact) mass is 589 g/mol. The van der Waals surface area contributed by atoms with Crippen LogP contribution in [0.1, 0.15) is 5.56 Å². The molecule has 0 fully saturated rings. The van der Waals surface area contributed by atoms with Crippen LogP contribution in [0.5, 0.6) is 0 Å². The smallest absolute Gasteiger partial charge is 0.223 e. The van der Waals surface area contributed by atoms with Crippen LogP contribution in [0, 0.1) is 11.3 Å². The molecule has 4 heterocycles. The van der Waals surface area contributed by atoms with E-state index in [4.69, 9.17) is 9.97 Å². The Morgan fingerprint density at radius 3 is 1.54 bits per heavy atom. The van der Waals surface area contributed by atoms with E-state index in [1.807, 2.05) is 36.4 Å². The van der Waals surface area contributed by atoms with Crippen molar-refractivity contribution in [1.82, 2.24) is 27.9 Å². The molecule has 0 amide bonds. The van der Waals surface area contributed by atoms with Gasteiger partial charge in [0.1, 0.15) is 0 Å². The van der Waals surface area contributed by atoms with Crippen molar-refractivity contribution in [3.8, 4) is 17.4 Å². The van der Waals surface area contributed by atoms with E-state index in [1.54, 1.807) is 0 Å². The number of para-hydroxylation sites is 7. The van der Waals surface area contributed by atoms with Gasteiger partial charge in [0.25, 0.3) is 0 Å². The lowest BCUT2D eigenvalue weighted by atomic mass is 10.1. The highest BCUT2D eigenvalue weighted by atomic mass is 15.3. The zero-order valence-electron chi connectivity index (χ0n) is 24.4. The van der Waals surface area contributed by atoms with Gasteiger partial charge in [-0.05, 0) is 84.9 Å². The van der Waals surface area contributed by atoms with Crippen molar-refractivity contribution in [3.63, 3.8) is 0 Å². The highest BCUT2D eigenvalue weighted by Crippen LogP contribution is 2.35. The van der Waals surface area contributed by atoms with Gasteiger partial charge in [0, 0.05) is 16.5 Å². The van der Waals surface area contributed by atoms with Crippen LogP contribution in [0.4, 0.5) is 0 Å². The zero-order valence-corrected chi connectivity index (χ0v) is 24.4. The van der Waals surface area contributed by atoms with Crippen molar-refractivity contribution in [2.75, 3.05) is 0 Å². The Bertz CT molecular complexity index is 2810. The Hall–Kier alpha value is -6.65. The van der Waals surface area contributed by atoms with Crippen molar-refractivity contribution >= 4 is 66.5 Å². The van der Waals surface area contributed by atoms with Crippen molar-refractivity contribution < 1.29 is 0 Å². The van der Waals surface area contributed by atoms with Crippen LogP contribution in [0.25, 0.3) is 77.8 Å². The molecule has 0 saturated heterocycles. The van der Waals surface area contributed by atoms with Crippen LogP contribution < -0.4 is 0 Å². The summed E-state index contributed by atoms with van der Waals surface area (Å²) >= 11 is 0. The molecular weight excluding hydrogens is 566 g/mol. The number of fused-ring (bicyclic) bond motifs is 12. The number of benzene rings is 6. The second-order valence-electron chi connectivity index (χ2n) is 11.5. The summed E-state index contributed by atoms with van der Waals surface area (Å²) in [4.78, 5) is 10.5. The van der Waals surface area contributed by atoms with E-state index < -0.39 is 0 Å². The highest BCUT2D eigenvalue weighted by Gasteiger charge is 2.20. The summed E-state index contributed by atoms with van der Waals surface area (Å²) in [5, 5.41) is 11.6. The number of hydrogen-bond donors (Lipinski definition) is 0. The van der Waals surface area contributed by atoms with E-state index in [0.717, 1.165) is 77.8 Å². The van der Waals surface area contributed by atoms with Gasteiger partial charge in [0.2, 0.25) is 11.6 Å². The summed E-state index contributed by atoms with van der Waals surface area (Å²) in [6.45, 7) is 0. The Kier molecular flexibility index (Phi) is 4.94. The maximum atomic E-state index is 9.39.